The molecule has 0 aliphatic carbocycles. The van der Waals surface area contributed by atoms with E-state index in [1.807, 2.05) is 0 Å². The number of ether oxygens (including phenoxy) is 1. The quantitative estimate of drug-likeness (QED) is 0.703. The summed E-state index contributed by atoms with van der Waals surface area (Å²) in [5.41, 5.74) is -0.161. The molecule has 0 unspecified atom stereocenters. The molecule has 1 aromatic carbocycles. The van der Waals surface area contributed by atoms with Gasteiger partial charge in [0.15, 0.2) is 11.6 Å². The van der Waals surface area contributed by atoms with E-state index in [4.69, 9.17) is 10.1 Å². The highest BCUT2D eigenvalue weighted by atomic mass is 32.2. The van der Waals surface area contributed by atoms with Gasteiger partial charge in [0, 0.05) is 24.5 Å². The molecule has 2 atom stereocenters. The number of methoxy groups -OCH3 is 1. The molecule has 2 aromatic rings. The number of nitrogens with zero attached hydrogens (tertiary/aromatic N) is 2. The summed E-state index contributed by atoms with van der Waals surface area (Å²) in [6.45, 7) is 5.18. The minimum Gasteiger partial charge on any atom is -0.493 e. The minimum absolute atomic E-state index is 0.0750. The van der Waals surface area contributed by atoms with E-state index in [2.05, 4.69) is 20.0 Å². The Bertz CT molecular complexity index is 1080. The number of benzene rings is 1. The molecule has 156 valence electrons. The third-order valence-electron chi connectivity index (χ3n) is 5.39. The van der Waals surface area contributed by atoms with Gasteiger partial charge in [0.1, 0.15) is 16.4 Å². The molecule has 3 rings (SSSR count). The van der Waals surface area contributed by atoms with E-state index in [1.54, 1.807) is 58.3 Å². The Morgan fingerprint density at radius 2 is 2.07 bits per heavy atom. The van der Waals surface area contributed by atoms with Crippen molar-refractivity contribution in [3.63, 3.8) is 0 Å². The van der Waals surface area contributed by atoms with Gasteiger partial charge in [-0.3, -0.25) is 5.41 Å². The van der Waals surface area contributed by atoms with E-state index < -0.39 is 25.8 Å². The van der Waals surface area contributed by atoms with Crippen molar-refractivity contribution < 1.29 is 13.3 Å². The molecule has 1 aliphatic heterocycles. The number of anilines is 2. The summed E-state index contributed by atoms with van der Waals surface area (Å²) in [4.78, 5) is 4.25. The fourth-order valence-electron chi connectivity index (χ4n) is 3.44. The van der Waals surface area contributed by atoms with Gasteiger partial charge in [-0.1, -0.05) is 0 Å². The Balaban J connectivity index is 2.04. The largest absolute Gasteiger partial charge is 0.493 e. The van der Waals surface area contributed by atoms with E-state index in [9.17, 15) is 8.60 Å². The number of rotatable bonds is 4. The van der Waals surface area contributed by atoms with Gasteiger partial charge in [0.05, 0.1) is 28.1 Å². The maximum atomic E-state index is 14.9. The van der Waals surface area contributed by atoms with Crippen molar-refractivity contribution in [3.05, 3.63) is 47.9 Å². The Labute approximate surface area is 170 Å². The van der Waals surface area contributed by atoms with Gasteiger partial charge >= 0.3 is 0 Å². The van der Waals surface area contributed by atoms with Crippen molar-refractivity contribution in [1.29, 1.82) is 5.41 Å². The number of nitrogens with one attached hydrogen (secondary N) is 3. The lowest BCUT2D eigenvalue weighted by atomic mass is 9.91. The second-order valence-corrected chi connectivity index (χ2v) is 10.6. The second kappa shape index (κ2) is 7.29. The molecule has 2 heterocycles. The standard InChI is InChI=1S/C20H26FN5O2S/c1-19(2)18(22)26-20(3,12-29(19,27)23-4)14-11-13(8-9-15(14)21)25-17-16(28-5)7-6-10-24-17/h6-11H,12H2,1-5H3,(H2,22,26)(H,24,25)/t20-,29-/m0/s1. The highest BCUT2D eigenvalue weighted by molar-refractivity contribution is 7.95. The van der Waals surface area contributed by atoms with Crippen molar-refractivity contribution >= 4 is 27.1 Å². The van der Waals surface area contributed by atoms with Gasteiger partial charge in [-0.15, -0.1) is 0 Å². The lowest BCUT2D eigenvalue weighted by molar-refractivity contribution is 0.415. The summed E-state index contributed by atoms with van der Waals surface area (Å²) in [7, 11) is 0.244. The third kappa shape index (κ3) is 3.55. The minimum atomic E-state index is -2.79. The molecule has 7 nitrogen and oxygen atoms in total. The van der Waals surface area contributed by atoms with Gasteiger partial charge in [-0.05, 0) is 51.1 Å². The maximum absolute atomic E-state index is 14.9. The normalized spacial score (nSPS) is 25.8. The third-order valence-corrected chi connectivity index (χ3v) is 8.75. The van der Waals surface area contributed by atoms with E-state index in [1.165, 1.54) is 13.1 Å². The van der Waals surface area contributed by atoms with Crippen LogP contribution in [0, 0.1) is 11.2 Å². The Morgan fingerprint density at radius 1 is 1.34 bits per heavy atom. The highest BCUT2D eigenvalue weighted by Crippen LogP contribution is 2.37. The summed E-state index contributed by atoms with van der Waals surface area (Å²) < 4.78 is 36.8. The van der Waals surface area contributed by atoms with Crippen LogP contribution in [0.1, 0.15) is 26.3 Å². The zero-order valence-electron chi connectivity index (χ0n) is 17.2. The molecule has 0 radical (unpaired) electrons. The number of halogens is 1. The van der Waals surface area contributed by atoms with Crippen molar-refractivity contribution in [1.82, 2.24) is 10.3 Å². The predicted molar refractivity (Wildman–Crippen MR) is 114 cm³/mol. The number of amidine groups is 1. The Morgan fingerprint density at radius 3 is 2.72 bits per heavy atom. The second-order valence-electron chi connectivity index (χ2n) is 7.68. The van der Waals surface area contributed by atoms with Gasteiger partial charge < -0.3 is 15.4 Å². The Kier molecular flexibility index (Phi) is 5.29. The average Bonchev–Trinajstić information content (AvgIpc) is 2.68. The number of hydrogen-bond donors (Lipinski definition) is 3. The molecular formula is C20H26FN5O2S. The molecule has 1 fully saturated rings. The lowest BCUT2D eigenvalue weighted by Crippen LogP contribution is -2.63. The Hall–Kier alpha value is -2.68. The van der Waals surface area contributed by atoms with Crippen LogP contribution in [0.3, 0.4) is 0 Å². The zero-order valence-corrected chi connectivity index (χ0v) is 18.0. The van der Waals surface area contributed by atoms with Crippen molar-refractivity contribution in [3.8, 4) is 5.75 Å². The summed E-state index contributed by atoms with van der Waals surface area (Å²) >= 11 is 0. The summed E-state index contributed by atoms with van der Waals surface area (Å²) in [5, 5.41) is 14.6. The van der Waals surface area contributed by atoms with Crippen LogP contribution < -0.4 is 15.4 Å². The molecule has 29 heavy (non-hydrogen) atoms. The first-order valence-corrected chi connectivity index (χ1v) is 10.8. The smallest absolute Gasteiger partial charge is 0.173 e. The fraction of sp³-hybridized carbons (Fsp3) is 0.400. The summed E-state index contributed by atoms with van der Waals surface area (Å²) in [5.74, 6) is 0.751. The van der Waals surface area contributed by atoms with Crippen LogP contribution >= 0.6 is 0 Å². The zero-order chi connectivity index (χ0) is 21.4. The highest BCUT2D eigenvalue weighted by Gasteiger charge is 2.49. The molecule has 0 bridgehead atoms. The van der Waals surface area contributed by atoms with Crippen LogP contribution in [0.4, 0.5) is 15.9 Å². The maximum Gasteiger partial charge on any atom is 0.173 e. The average molecular weight is 420 g/mol. The van der Waals surface area contributed by atoms with Crippen molar-refractivity contribution in [2.24, 2.45) is 4.36 Å². The molecule has 1 aliphatic rings. The molecule has 1 aromatic heterocycles. The molecular weight excluding hydrogens is 393 g/mol. The molecule has 3 N–H and O–H groups in total. The lowest BCUT2D eigenvalue weighted by Gasteiger charge is -2.45. The van der Waals surface area contributed by atoms with E-state index in [-0.39, 0.29) is 11.6 Å². The summed E-state index contributed by atoms with van der Waals surface area (Å²) in [6, 6.07) is 8.10. The van der Waals surface area contributed by atoms with Gasteiger partial charge in [-0.25, -0.2) is 17.9 Å². The van der Waals surface area contributed by atoms with Crippen molar-refractivity contribution in [2.75, 3.05) is 25.2 Å². The first kappa shape index (κ1) is 21.0. The van der Waals surface area contributed by atoms with Crippen molar-refractivity contribution in [2.45, 2.75) is 31.1 Å². The van der Waals surface area contributed by atoms with Crippen LogP contribution in [-0.4, -0.2) is 39.7 Å². The van der Waals surface area contributed by atoms with Crippen LogP contribution in [0.2, 0.25) is 0 Å². The van der Waals surface area contributed by atoms with Gasteiger partial charge in [0.25, 0.3) is 0 Å². The fourth-order valence-corrected chi connectivity index (χ4v) is 5.77. The van der Waals surface area contributed by atoms with Crippen LogP contribution in [0.5, 0.6) is 5.75 Å². The SMILES string of the molecule is CN=[S@]1(=O)C[C@@](C)(c2cc(Nc3ncccc3OC)ccc2F)NC(=N)C1(C)C. The number of hydrogen-bond acceptors (Lipinski definition) is 6. The molecule has 0 spiro atoms. The number of aromatic nitrogens is 1. The topological polar surface area (TPSA) is 99.5 Å². The van der Waals surface area contributed by atoms with Crippen LogP contribution in [0.15, 0.2) is 40.9 Å². The first-order chi connectivity index (χ1) is 13.6. The molecule has 9 heteroatoms. The van der Waals surface area contributed by atoms with Gasteiger partial charge in [0.2, 0.25) is 0 Å². The summed E-state index contributed by atoms with van der Waals surface area (Å²) in [6.07, 6.45) is 1.63. The number of pyridine rings is 1. The monoisotopic (exact) mass is 419 g/mol. The van der Waals surface area contributed by atoms with Gasteiger partial charge in [-0.2, -0.15) is 0 Å². The predicted octanol–water partition coefficient (Wildman–Crippen LogP) is 3.64. The van der Waals surface area contributed by atoms with Crippen LogP contribution in [-0.2, 0) is 15.3 Å². The molecule has 0 amide bonds. The van der Waals surface area contributed by atoms with E-state index in [0.717, 1.165) is 0 Å². The molecule has 1 saturated heterocycles. The first-order valence-electron chi connectivity index (χ1n) is 9.12. The van der Waals surface area contributed by atoms with E-state index >= 15 is 0 Å². The van der Waals surface area contributed by atoms with E-state index in [0.29, 0.717) is 22.8 Å². The van der Waals surface area contributed by atoms with Crippen LogP contribution in [0.25, 0.3) is 0 Å². The molecule has 0 saturated carbocycles.